The van der Waals surface area contributed by atoms with Crippen molar-refractivity contribution >= 4 is 0 Å². The average molecular weight is 251 g/mol. The molecule has 0 aromatic heterocycles. The Kier molecular flexibility index (Phi) is 6.76. The van der Waals surface area contributed by atoms with Crippen molar-refractivity contribution in [3.63, 3.8) is 0 Å². The fourth-order valence-electron chi connectivity index (χ4n) is 1.85. The zero-order valence-electron chi connectivity index (χ0n) is 11.7. The van der Waals surface area contributed by atoms with Crippen LogP contribution in [0.1, 0.15) is 26.3 Å². The van der Waals surface area contributed by atoms with E-state index in [0.29, 0.717) is 13.2 Å². The van der Waals surface area contributed by atoms with Gasteiger partial charge in [-0.1, -0.05) is 32.9 Å². The second kappa shape index (κ2) is 8.11. The van der Waals surface area contributed by atoms with Crippen LogP contribution in [0.4, 0.5) is 0 Å². The first-order valence-electron chi connectivity index (χ1n) is 6.81. The summed E-state index contributed by atoms with van der Waals surface area (Å²) in [5.74, 6) is 0.825. The van der Waals surface area contributed by atoms with E-state index in [4.69, 9.17) is 4.74 Å². The molecule has 0 aliphatic carbocycles. The van der Waals surface area contributed by atoms with Gasteiger partial charge in [0.15, 0.2) is 0 Å². The minimum absolute atomic E-state index is 0.349. The van der Waals surface area contributed by atoms with E-state index in [1.807, 2.05) is 12.1 Å². The maximum atomic E-state index is 9.88. The fourth-order valence-corrected chi connectivity index (χ4v) is 1.85. The van der Waals surface area contributed by atoms with Crippen LogP contribution in [0.3, 0.4) is 0 Å². The van der Waals surface area contributed by atoms with Crippen LogP contribution in [0.25, 0.3) is 0 Å². The number of benzene rings is 1. The van der Waals surface area contributed by atoms with Crippen LogP contribution < -0.4 is 4.74 Å². The van der Waals surface area contributed by atoms with E-state index in [1.165, 1.54) is 5.56 Å². The highest BCUT2D eigenvalue weighted by Crippen LogP contribution is 2.12. The van der Waals surface area contributed by atoms with Gasteiger partial charge in [0.2, 0.25) is 0 Å². The molecule has 0 bridgehead atoms. The smallest absolute Gasteiger partial charge is 0.119 e. The number of hydrogen-bond donors (Lipinski definition) is 1. The van der Waals surface area contributed by atoms with Gasteiger partial charge < -0.3 is 14.7 Å². The van der Waals surface area contributed by atoms with Gasteiger partial charge in [-0.2, -0.15) is 0 Å². The number of ether oxygens (including phenoxy) is 1. The summed E-state index contributed by atoms with van der Waals surface area (Å²) in [6, 6.07) is 8.05. The third kappa shape index (κ3) is 5.07. The van der Waals surface area contributed by atoms with E-state index in [0.717, 1.165) is 25.3 Å². The van der Waals surface area contributed by atoms with E-state index >= 15 is 0 Å². The second-order valence-electron chi connectivity index (χ2n) is 4.45. The molecule has 1 unspecified atom stereocenters. The van der Waals surface area contributed by atoms with Crippen LogP contribution in [-0.2, 0) is 6.42 Å². The van der Waals surface area contributed by atoms with Gasteiger partial charge in [0.25, 0.3) is 0 Å². The third-order valence-corrected chi connectivity index (χ3v) is 3.14. The predicted molar refractivity (Wildman–Crippen MR) is 75.1 cm³/mol. The van der Waals surface area contributed by atoms with Crippen molar-refractivity contribution in [3.8, 4) is 5.75 Å². The van der Waals surface area contributed by atoms with Gasteiger partial charge in [0, 0.05) is 6.54 Å². The summed E-state index contributed by atoms with van der Waals surface area (Å²) >= 11 is 0. The van der Waals surface area contributed by atoms with Crippen molar-refractivity contribution < 1.29 is 9.84 Å². The van der Waals surface area contributed by atoms with Crippen molar-refractivity contribution in [1.29, 1.82) is 0 Å². The molecule has 0 amide bonds. The average Bonchev–Trinajstić information content (AvgIpc) is 2.43. The molecule has 0 saturated heterocycles. The summed E-state index contributed by atoms with van der Waals surface area (Å²) in [4.78, 5) is 2.19. The molecule has 1 N–H and O–H groups in total. The number of likely N-dealkylation sites (N-methyl/N-ethyl adjacent to an activating group) is 1. The molecule has 3 heteroatoms. The van der Waals surface area contributed by atoms with E-state index in [9.17, 15) is 5.11 Å². The quantitative estimate of drug-likeness (QED) is 0.769. The Morgan fingerprint density at radius 3 is 2.22 bits per heavy atom. The summed E-state index contributed by atoms with van der Waals surface area (Å²) in [7, 11) is 0. The summed E-state index contributed by atoms with van der Waals surface area (Å²) in [5.41, 5.74) is 1.30. The summed E-state index contributed by atoms with van der Waals surface area (Å²) in [5, 5.41) is 9.88. The number of nitrogens with zero attached hydrogens (tertiary/aromatic N) is 1. The molecule has 0 aliphatic rings. The molecule has 1 aromatic carbocycles. The molecule has 0 aliphatic heterocycles. The first-order valence-corrected chi connectivity index (χ1v) is 6.81. The molecule has 18 heavy (non-hydrogen) atoms. The number of rotatable bonds is 8. The Bertz CT molecular complexity index is 320. The van der Waals surface area contributed by atoms with E-state index < -0.39 is 6.10 Å². The number of aliphatic hydroxyl groups is 1. The lowest BCUT2D eigenvalue weighted by molar-refractivity contribution is 0.0716. The highest BCUT2D eigenvalue weighted by atomic mass is 16.5. The normalized spacial score (nSPS) is 12.7. The van der Waals surface area contributed by atoms with Crippen molar-refractivity contribution in [2.24, 2.45) is 0 Å². The maximum absolute atomic E-state index is 9.88. The molecule has 1 rings (SSSR count). The molecule has 0 fully saturated rings. The third-order valence-electron chi connectivity index (χ3n) is 3.14. The zero-order valence-corrected chi connectivity index (χ0v) is 11.7. The van der Waals surface area contributed by atoms with Crippen LogP contribution in [0.15, 0.2) is 24.3 Å². The highest BCUT2D eigenvalue weighted by Gasteiger charge is 2.09. The van der Waals surface area contributed by atoms with Gasteiger partial charge >= 0.3 is 0 Å². The molecular weight excluding hydrogens is 226 g/mol. The summed E-state index contributed by atoms with van der Waals surface area (Å²) in [6.07, 6.45) is 0.598. The maximum Gasteiger partial charge on any atom is 0.119 e. The molecule has 0 heterocycles. The first-order chi connectivity index (χ1) is 8.69. The van der Waals surface area contributed by atoms with Gasteiger partial charge in [0.05, 0.1) is 0 Å². The van der Waals surface area contributed by atoms with Gasteiger partial charge in [-0.3, -0.25) is 0 Å². The molecule has 102 valence electrons. The van der Waals surface area contributed by atoms with Gasteiger partial charge in [-0.05, 0) is 37.2 Å². The molecule has 1 atom stereocenters. The Hall–Kier alpha value is -1.06. The Morgan fingerprint density at radius 1 is 1.11 bits per heavy atom. The van der Waals surface area contributed by atoms with Crippen LogP contribution >= 0.6 is 0 Å². The van der Waals surface area contributed by atoms with Gasteiger partial charge in [-0.15, -0.1) is 0 Å². The SMILES string of the molecule is CCc1ccc(OCC(O)CN(CC)CC)cc1. The fraction of sp³-hybridized carbons (Fsp3) is 0.600. The van der Waals surface area contributed by atoms with Crippen molar-refractivity contribution in [1.82, 2.24) is 4.90 Å². The first kappa shape index (κ1) is 15.0. The summed E-state index contributed by atoms with van der Waals surface area (Å²) in [6.45, 7) is 9.25. The lowest BCUT2D eigenvalue weighted by atomic mass is 10.2. The van der Waals surface area contributed by atoms with Crippen LogP contribution in [0.5, 0.6) is 5.75 Å². The predicted octanol–water partition coefficient (Wildman–Crippen LogP) is 2.33. The largest absolute Gasteiger partial charge is 0.491 e. The molecule has 0 spiro atoms. The molecule has 0 saturated carbocycles. The van der Waals surface area contributed by atoms with E-state index in [2.05, 4.69) is 37.8 Å². The minimum atomic E-state index is -0.434. The molecule has 3 nitrogen and oxygen atoms in total. The van der Waals surface area contributed by atoms with Crippen molar-refractivity contribution in [3.05, 3.63) is 29.8 Å². The standard InChI is InChI=1S/C15H25NO2/c1-4-13-7-9-15(10-8-13)18-12-14(17)11-16(5-2)6-3/h7-10,14,17H,4-6,11-12H2,1-3H3. The Labute approximate surface area is 110 Å². The van der Waals surface area contributed by atoms with Crippen molar-refractivity contribution in [2.75, 3.05) is 26.2 Å². The van der Waals surface area contributed by atoms with E-state index in [1.54, 1.807) is 0 Å². The Balaban J connectivity index is 2.34. The van der Waals surface area contributed by atoms with Crippen LogP contribution in [-0.4, -0.2) is 42.4 Å². The minimum Gasteiger partial charge on any atom is -0.491 e. The molecule has 0 radical (unpaired) electrons. The second-order valence-corrected chi connectivity index (χ2v) is 4.45. The van der Waals surface area contributed by atoms with Crippen LogP contribution in [0.2, 0.25) is 0 Å². The van der Waals surface area contributed by atoms with Gasteiger partial charge in [-0.25, -0.2) is 0 Å². The number of aryl methyl sites for hydroxylation is 1. The molecule has 1 aromatic rings. The topological polar surface area (TPSA) is 32.7 Å². The van der Waals surface area contributed by atoms with Crippen molar-refractivity contribution in [2.45, 2.75) is 33.3 Å². The monoisotopic (exact) mass is 251 g/mol. The Morgan fingerprint density at radius 2 is 1.72 bits per heavy atom. The van der Waals surface area contributed by atoms with E-state index in [-0.39, 0.29) is 0 Å². The lowest BCUT2D eigenvalue weighted by Crippen LogP contribution is -2.35. The number of aliphatic hydroxyl groups excluding tert-OH is 1. The highest BCUT2D eigenvalue weighted by molar-refractivity contribution is 5.27. The van der Waals surface area contributed by atoms with Gasteiger partial charge in [0.1, 0.15) is 18.5 Å². The van der Waals surface area contributed by atoms with Crippen LogP contribution in [0, 0.1) is 0 Å². The molecular formula is C15H25NO2. The zero-order chi connectivity index (χ0) is 13.4. The summed E-state index contributed by atoms with van der Waals surface area (Å²) < 4.78 is 5.58. The number of hydrogen-bond acceptors (Lipinski definition) is 3. The lowest BCUT2D eigenvalue weighted by Gasteiger charge is -2.21.